The number of hydrogen-bond donors (Lipinski definition) is 1. The number of carbonyl (C=O) groups excluding carboxylic acids is 1. The Hall–Kier alpha value is -2.49. The highest BCUT2D eigenvalue weighted by Crippen LogP contribution is 2.19. The number of rotatable bonds is 4. The van der Waals surface area contributed by atoms with Crippen molar-refractivity contribution in [2.45, 2.75) is 31.8 Å². The van der Waals surface area contributed by atoms with Crippen molar-refractivity contribution >= 4 is 15.9 Å². The van der Waals surface area contributed by atoms with Crippen LogP contribution in [0.4, 0.5) is 4.79 Å². The first-order valence-electron chi connectivity index (χ1n) is 8.34. The van der Waals surface area contributed by atoms with E-state index in [1.165, 1.54) is 0 Å². The molecule has 2 amide bonds. The first-order valence-corrected chi connectivity index (χ1v) is 10.2. The molecule has 0 aliphatic carbocycles. The van der Waals surface area contributed by atoms with Crippen LogP contribution >= 0.6 is 0 Å². The van der Waals surface area contributed by atoms with Gasteiger partial charge >= 0.3 is 6.03 Å². The summed E-state index contributed by atoms with van der Waals surface area (Å²) in [6.07, 6.45) is 2.53. The summed E-state index contributed by atoms with van der Waals surface area (Å²) in [6.45, 7) is 1.74. The van der Waals surface area contributed by atoms with Gasteiger partial charge in [0, 0.05) is 19.3 Å². The molecule has 0 aromatic carbocycles. The minimum atomic E-state index is -2.96. The van der Waals surface area contributed by atoms with Gasteiger partial charge in [0.15, 0.2) is 0 Å². The van der Waals surface area contributed by atoms with E-state index in [2.05, 4.69) is 20.4 Å². The summed E-state index contributed by atoms with van der Waals surface area (Å²) in [4.78, 5) is 22.4. The van der Waals surface area contributed by atoms with Crippen LogP contribution in [0.25, 0.3) is 11.5 Å². The molecule has 0 bridgehead atoms. The molecular weight excluding hydrogens is 358 g/mol. The number of carbonyl (C=O) groups is 1. The maximum atomic E-state index is 12.4. The van der Waals surface area contributed by atoms with Crippen LogP contribution in [0, 0.1) is 0 Å². The molecule has 1 aliphatic rings. The second-order valence-corrected chi connectivity index (χ2v) is 8.64. The number of urea groups is 1. The second kappa shape index (κ2) is 7.40. The molecule has 3 rings (SSSR count). The monoisotopic (exact) mass is 379 g/mol. The molecule has 1 fully saturated rings. The van der Waals surface area contributed by atoms with E-state index in [1.807, 2.05) is 6.07 Å². The zero-order chi connectivity index (χ0) is 18.7. The van der Waals surface area contributed by atoms with Crippen LogP contribution in [-0.4, -0.2) is 59.1 Å². The van der Waals surface area contributed by atoms with Gasteiger partial charge in [-0.15, -0.1) is 0 Å². The number of amides is 2. The molecule has 1 aliphatic heterocycles. The van der Waals surface area contributed by atoms with Gasteiger partial charge in [-0.05, 0) is 31.9 Å². The highest BCUT2D eigenvalue weighted by molar-refractivity contribution is 7.91. The maximum Gasteiger partial charge on any atom is 0.318 e. The van der Waals surface area contributed by atoms with E-state index in [1.54, 1.807) is 37.2 Å². The number of pyridine rings is 1. The van der Waals surface area contributed by atoms with Gasteiger partial charge in [0.1, 0.15) is 21.6 Å². The molecule has 10 heteroatoms. The van der Waals surface area contributed by atoms with E-state index >= 15 is 0 Å². The molecule has 1 saturated heterocycles. The van der Waals surface area contributed by atoms with E-state index in [-0.39, 0.29) is 29.5 Å². The number of aromatic nitrogens is 3. The van der Waals surface area contributed by atoms with Gasteiger partial charge in [-0.3, -0.25) is 4.98 Å². The Kier molecular flexibility index (Phi) is 5.21. The van der Waals surface area contributed by atoms with Crippen molar-refractivity contribution in [1.29, 1.82) is 0 Å². The summed E-state index contributed by atoms with van der Waals surface area (Å²) >= 11 is 0. The molecule has 2 aromatic heterocycles. The lowest BCUT2D eigenvalue weighted by molar-refractivity contribution is 0.180. The summed E-state index contributed by atoms with van der Waals surface area (Å²) < 4.78 is 28.3. The van der Waals surface area contributed by atoms with Crippen molar-refractivity contribution in [2.24, 2.45) is 0 Å². The van der Waals surface area contributed by atoms with Crippen LogP contribution in [0.5, 0.6) is 0 Å². The van der Waals surface area contributed by atoms with Crippen LogP contribution in [0.2, 0.25) is 0 Å². The molecule has 1 N–H and O–H groups in total. The minimum absolute atomic E-state index is 0.0995. The lowest BCUT2D eigenvalue weighted by Gasteiger charge is -2.31. The second-order valence-electron chi connectivity index (χ2n) is 6.34. The average molecular weight is 379 g/mol. The topological polar surface area (TPSA) is 118 Å². The van der Waals surface area contributed by atoms with Crippen LogP contribution < -0.4 is 5.32 Å². The molecule has 9 nitrogen and oxygen atoms in total. The standard InChI is InChI=1S/C16H21N5O4S/c1-11(15-19-14(20-25-15)13-5-3-4-8-17-13)18-16(22)21(2)12-6-9-26(23,24)10-7-12/h3-5,8,11-12H,6-7,9-10H2,1-2H3,(H,18,22)/t11-/m1/s1. The molecule has 0 unspecified atom stereocenters. The Labute approximate surface area is 151 Å². The Morgan fingerprint density at radius 3 is 2.73 bits per heavy atom. The van der Waals surface area contributed by atoms with E-state index in [4.69, 9.17) is 4.52 Å². The van der Waals surface area contributed by atoms with E-state index in [0.29, 0.717) is 24.4 Å². The van der Waals surface area contributed by atoms with Crippen molar-refractivity contribution in [3.05, 3.63) is 30.3 Å². The van der Waals surface area contributed by atoms with E-state index in [0.717, 1.165) is 0 Å². The zero-order valence-corrected chi connectivity index (χ0v) is 15.4. The summed E-state index contributed by atoms with van der Waals surface area (Å²) in [5.74, 6) is 0.857. The van der Waals surface area contributed by atoms with Crippen molar-refractivity contribution in [2.75, 3.05) is 18.6 Å². The number of nitrogens with zero attached hydrogens (tertiary/aromatic N) is 4. The molecule has 2 aromatic rings. The highest BCUT2D eigenvalue weighted by atomic mass is 32.2. The number of sulfone groups is 1. The lowest BCUT2D eigenvalue weighted by Crippen LogP contribution is -2.47. The van der Waals surface area contributed by atoms with E-state index < -0.39 is 15.9 Å². The molecule has 0 spiro atoms. The smallest absolute Gasteiger partial charge is 0.318 e. The van der Waals surface area contributed by atoms with Gasteiger partial charge < -0.3 is 14.7 Å². The SMILES string of the molecule is C[C@@H](NC(=O)N(C)C1CCS(=O)(=O)CC1)c1nc(-c2ccccn2)no1. The number of nitrogens with one attached hydrogen (secondary N) is 1. The van der Waals surface area contributed by atoms with Gasteiger partial charge in [-0.2, -0.15) is 4.98 Å². The summed E-state index contributed by atoms with van der Waals surface area (Å²) in [7, 11) is -1.30. The largest absolute Gasteiger partial charge is 0.337 e. The highest BCUT2D eigenvalue weighted by Gasteiger charge is 2.29. The predicted molar refractivity (Wildman–Crippen MR) is 93.9 cm³/mol. The molecule has 0 saturated carbocycles. The Morgan fingerprint density at radius 2 is 2.08 bits per heavy atom. The van der Waals surface area contributed by atoms with Crippen molar-refractivity contribution in [1.82, 2.24) is 25.3 Å². The van der Waals surface area contributed by atoms with Crippen LogP contribution in [-0.2, 0) is 9.84 Å². The van der Waals surface area contributed by atoms with Crippen LogP contribution in [0.3, 0.4) is 0 Å². The summed E-state index contributed by atoms with van der Waals surface area (Å²) in [6, 6.07) is 4.49. The number of hydrogen-bond acceptors (Lipinski definition) is 7. The molecule has 1 atom stereocenters. The van der Waals surface area contributed by atoms with Crippen LogP contribution in [0.1, 0.15) is 31.7 Å². The van der Waals surface area contributed by atoms with Crippen molar-refractivity contribution in [3.63, 3.8) is 0 Å². The minimum Gasteiger partial charge on any atom is -0.337 e. The fourth-order valence-corrected chi connectivity index (χ4v) is 4.26. The predicted octanol–water partition coefficient (Wildman–Crippen LogP) is 1.41. The molecule has 140 valence electrons. The lowest BCUT2D eigenvalue weighted by atomic mass is 10.1. The molecule has 26 heavy (non-hydrogen) atoms. The van der Waals surface area contributed by atoms with Gasteiger partial charge in [-0.25, -0.2) is 13.2 Å². The van der Waals surface area contributed by atoms with Crippen molar-refractivity contribution in [3.8, 4) is 11.5 Å². The van der Waals surface area contributed by atoms with Gasteiger partial charge in [0.2, 0.25) is 11.7 Å². The third kappa shape index (κ3) is 4.18. The first kappa shape index (κ1) is 18.3. The Bertz CT molecular complexity index is 854. The third-order valence-corrected chi connectivity index (χ3v) is 6.15. The molecule has 3 heterocycles. The first-order chi connectivity index (χ1) is 12.4. The maximum absolute atomic E-state index is 12.4. The van der Waals surface area contributed by atoms with Crippen LogP contribution in [0.15, 0.2) is 28.9 Å². The average Bonchev–Trinajstić information content (AvgIpc) is 3.12. The van der Waals surface area contributed by atoms with Crippen molar-refractivity contribution < 1.29 is 17.7 Å². The Morgan fingerprint density at radius 1 is 1.35 bits per heavy atom. The summed E-state index contributed by atoms with van der Waals surface area (Å²) in [5.41, 5.74) is 0.585. The fourth-order valence-electron chi connectivity index (χ4n) is 2.79. The van der Waals surface area contributed by atoms with E-state index in [9.17, 15) is 13.2 Å². The normalized spacial score (nSPS) is 18.2. The molecule has 0 radical (unpaired) electrons. The van der Waals surface area contributed by atoms with Gasteiger partial charge in [-0.1, -0.05) is 11.2 Å². The molecular formula is C16H21N5O4S. The Balaban J connectivity index is 1.60. The third-order valence-electron chi connectivity index (χ3n) is 4.44. The van der Waals surface area contributed by atoms with Gasteiger partial charge in [0.05, 0.1) is 11.5 Å². The summed E-state index contributed by atoms with van der Waals surface area (Å²) in [5, 5.41) is 6.68. The quantitative estimate of drug-likeness (QED) is 0.853. The van der Waals surface area contributed by atoms with Gasteiger partial charge in [0.25, 0.3) is 0 Å². The fraction of sp³-hybridized carbons (Fsp3) is 0.500. The zero-order valence-electron chi connectivity index (χ0n) is 14.6.